The zero-order chi connectivity index (χ0) is 29.8. The molecule has 0 aromatic rings. The third-order valence-corrected chi connectivity index (χ3v) is 7.64. The molecule has 0 fully saturated rings. The molecule has 236 valence electrons. The second-order valence-corrected chi connectivity index (χ2v) is 12.6. The number of hydrogen-bond donors (Lipinski definition) is 0. The van der Waals surface area contributed by atoms with E-state index in [2.05, 4.69) is 58.2 Å². The Balaban J connectivity index is 0. The van der Waals surface area contributed by atoms with Crippen molar-refractivity contribution in [3.05, 3.63) is 0 Å². The van der Waals surface area contributed by atoms with E-state index in [9.17, 15) is 13.2 Å². The van der Waals surface area contributed by atoms with Crippen LogP contribution in [0.2, 0.25) is 0 Å². The molecule has 0 atom stereocenters. The summed E-state index contributed by atoms with van der Waals surface area (Å²) < 4.78 is 27.5. The molecule has 0 unspecified atom stereocenters. The molecule has 0 aromatic heterocycles. The fourth-order valence-corrected chi connectivity index (χ4v) is 4.53. The molecule has 39 heavy (non-hydrogen) atoms. The van der Waals surface area contributed by atoms with Crippen LogP contribution in [0.5, 0.6) is 0 Å². The van der Waals surface area contributed by atoms with Crippen LogP contribution in [-0.2, 0) is 23.6 Å². The Morgan fingerprint density at radius 3 is 1.15 bits per heavy atom. The first kappa shape index (κ1) is 40.4. The molecule has 0 saturated heterocycles. The molecular weight excluding hydrogens is 514 g/mol. The first-order valence-corrected chi connectivity index (χ1v) is 16.9. The normalized spacial score (nSPS) is 11.6. The highest BCUT2D eigenvalue weighted by Gasteiger charge is 2.13. The molecule has 8 nitrogen and oxygen atoms in total. The third kappa shape index (κ3) is 31.6. The summed E-state index contributed by atoms with van der Waals surface area (Å²) in [6.45, 7) is 6.20. The van der Waals surface area contributed by atoms with Gasteiger partial charge in [-0.1, -0.05) is 96.8 Å². The van der Waals surface area contributed by atoms with Crippen LogP contribution in [-0.4, -0.2) is 97.6 Å². The molecule has 9 heteroatoms. The second kappa shape index (κ2) is 28.8. The Hall–Kier alpha value is -0.740. The predicted octanol–water partition coefficient (Wildman–Crippen LogP) is 6.50. The summed E-state index contributed by atoms with van der Waals surface area (Å²) in [6.07, 6.45) is 23.4. The van der Waals surface area contributed by atoms with Crippen LogP contribution < -0.4 is 0 Å². The van der Waals surface area contributed by atoms with Gasteiger partial charge in [0.25, 0.3) is 0 Å². The summed E-state index contributed by atoms with van der Waals surface area (Å²) >= 11 is 0. The molecular formula is C30H65N3O5S. The fraction of sp³-hybridized carbons (Fsp3) is 0.967. The molecule has 0 aliphatic carbocycles. The fourth-order valence-electron chi connectivity index (χ4n) is 4.39. The lowest BCUT2D eigenvalue weighted by Crippen LogP contribution is -2.35. The van der Waals surface area contributed by atoms with Gasteiger partial charge in [-0.15, -0.1) is 0 Å². The van der Waals surface area contributed by atoms with E-state index in [1.165, 1.54) is 89.9 Å². The van der Waals surface area contributed by atoms with Gasteiger partial charge in [0.1, 0.15) is 0 Å². The molecule has 0 rings (SSSR count). The van der Waals surface area contributed by atoms with Crippen LogP contribution in [0.4, 0.5) is 0 Å². The van der Waals surface area contributed by atoms with Crippen molar-refractivity contribution in [3.63, 3.8) is 0 Å². The first-order chi connectivity index (χ1) is 18.6. The maximum absolute atomic E-state index is 12.7. The average molecular weight is 580 g/mol. The van der Waals surface area contributed by atoms with E-state index in [-0.39, 0.29) is 0 Å². The van der Waals surface area contributed by atoms with Crippen LogP contribution in [0.1, 0.15) is 122 Å². The summed E-state index contributed by atoms with van der Waals surface area (Å²) in [5.74, 6) is 0.372. The van der Waals surface area contributed by atoms with Gasteiger partial charge in [-0.3, -0.25) is 13.2 Å². The highest BCUT2D eigenvalue weighted by atomic mass is 32.3. The summed E-state index contributed by atoms with van der Waals surface area (Å²) in [7, 11) is 6.82. The predicted molar refractivity (Wildman–Crippen MR) is 165 cm³/mol. The molecule has 0 aromatic carbocycles. The van der Waals surface area contributed by atoms with Crippen molar-refractivity contribution >= 4 is 16.3 Å². The van der Waals surface area contributed by atoms with E-state index in [0.29, 0.717) is 5.91 Å². The highest BCUT2D eigenvalue weighted by Crippen LogP contribution is 2.14. The van der Waals surface area contributed by atoms with E-state index in [1.54, 1.807) is 0 Å². The van der Waals surface area contributed by atoms with Crippen LogP contribution in [0.25, 0.3) is 0 Å². The Bertz CT molecular complexity index is 606. The number of carbonyl (C=O) groups is 1. The largest absolute Gasteiger partial charge is 0.399 e. The second-order valence-electron chi connectivity index (χ2n) is 11.1. The van der Waals surface area contributed by atoms with Gasteiger partial charge < -0.3 is 14.7 Å². The van der Waals surface area contributed by atoms with Gasteiger partial charge in [-0.05, 0) is 60.5 Å². The number of hydrogen-bond acceptors (Lipinski definition) is 7. The zero-order valence-electron chi connectivity index (χ0n) is 26.8. The van der Waals surface area contributed by atoms with Gasteiger partial charge in [0.2, 0.25) is 5.91 Å². The van der Waals surface area contributed by atoms with E-state index in [4.69, 9.17) is 0 Å². The lowest BCUT2D eigenvalue weighted by Gasteiger charge is -2.24. The molecule has 0 radical (unpaired) electrons. The van der Waals surface area contributed by atoms with Gasteiger partial charge in [0.05, 0.1) is 14.2 Å². The van der Waals surface area contributed by atoms with E-state index in [0.717, 1.165) is 66.1 Å². The minimum Gasteiger partial charge on any atom is -0.343 e. The van der Waals surface area contributed by atoms with Crippen molar-refractivity contribution in [2.75, 3.05) is 68.6 Å². The molecule has 0 aliphatic heterocycles. The van der Waals surface area contributed by atoms with E-state index < -0.39 is 10.4 Å². The van der Waals surface area contributed by atoms with Crippen LogP contribution >= 0.6 is 0 Å². The first-order valence-electron chi connectivity index (χ1n) is 15.5. The molecule has 0 spiro atoms. The number of amides is 1. The molecule has 0 saturated carbocycles. The molecule has 0 heterocycles. The molecule has 1 amide bonds. The van der Waals surface area contributed by atoms with Gasteiger partial charge in [0, 0.05) is 19.5 Å². The van der Waals surface area contributed by atoms with Crippen molar-refractivity contribution in [2.24, 2.45) is 0 Å². The number of nitrogens with zero attached hydrogens (tertiary/aromatic N) is 3. The average Bonchev–Trinajstić information content (AvgIpc) is 2.89. The van der Waals surface area contributed by atoms with Gasteiger partial charge >= 0.3 is 10.4 Å². The number of carbonyl (C=O) groups excluding carboxylic acids is 1. The molecule has 0 N–H and O–H groups in total. The standard InChI is InChI=1S/C28H59N3O.C2H6O4S/c1-6-7-8-9-10-11-12-13-14-15-16-17-18-19-20-23-28(32)31(26-21-24-29(2)3)27-22-25-30(4)5;1-5-7(3,4)6-2/h6-27H2,1-5H3;1-2H3. The lowest BCUT2D eigenvalue weighted by molar-refractivity contribution is -0.131. The molecule has 0 bridgehead atoms. The van der Waals surface area contributed by atoms with Gasteiger partial charge in [-0.2, -0.15) is 8.42 Å². The van der Waals surface area contributed by atoms with Crippen LogP contribution in [0.3, 0.4) is 0 Å². The third-order valence-electron chi connectivity index (χ3n) is 6.82. The summed E-state index contributed by atoms with van der Waals surface area (Å²) in [6, 6.07) is 0. The Kier molecular flexibility index (Phi) is 29.8. The minimum absolute atomic E-state index is 0.372. The van der Waals surface area contributed by atoms with Crippen molar-refractivity contribution < 1.29 is 21.6 Å². The Morgan fingerprint density at radius 2 is 0.872 bits per heavy atom. The van der Waals surface area contributed by atoms with Crippen molar-refractivity contribution in [3.8, 4) is 0 Å². The highest BCUT2D eigenvalue weighted by molar-refractivity contribution is 7.81. The summed E-state index contributed by atoms with van der Waals surface area (Å²) in [5.41, 5.74) is 0. The smallest absolute Gasteiger partial charge is 0.343 e. The quantitative estimate of drug-likeness (QED) is 0.108. The van der Waals surface area contributed by atoms with Crippen LogP contribution in [0.15, 0.2) is 0 Å². The van der Waals surface area contributed by atoms with Crippen molar-refractivity contribution in [2.45, 2.75) is 122 Å². The number of rotatable bonds is 26. The van der Waals surface area contributed by atoms with Crippen molar-refractivity contribution in [1.29, 1.82) is 0 Å². The van der Waals surface area contributed by atoms with Gasteiger partial charge in [-0.25, -0.2) is 0 Å². The Morgan fingerprint density at radius 1 is 0.538 bits per heavy atom. The monoisotopic (exact) mass is 579 g/mol. The molecule has 0 aliphatic rings. The summed E-state index contributed by atoms with van der Waals surface area (Å²) in [4.78, 5) is 19.3. The maximum Gasteiger partial charge on any atom is 0.399 e. The summed E-state index contributed by atoms with van der Waals surface area (Å²) in [5, 5.41) is 0. The lowest BCUT2D eigenvalue weighted by atomic mass is 10.0. The van der Waals surface area contributed by atoms with Crippen LogP contribution in [0, 0.1) is 0 Å². The van der Waals surface area contributed by atoms with Crippen molar-refractivity contribution in [1.82, 2.24) is 14.7 Å². The minimum atomic E-state index is -3.66. The maximum atomic E-state index is 12.7. The topological polar surface area (TPSA) is 79.4 Å². The van der Waals surface area contributed by atoms with Gasteiger partial charge in [0.15, 0.2) is 0 Å². The van der Waals surface area contributed by atoms with E-state index >= 15 is 0 Å². The zero-order valence-corrected chi connectivity index (χ0v) is 27.7. The SMILES string of the molecule is CCCCCCCCCCCCCCCCCC(=O)N(CCCN(C)C)CCCN(C)C.COS(=O)(=O)OC. The Labute approximate surface area is 243 Å². The number of unbranched alkanes of at least 4 members (excludes halogenated alkanes) is 14. The van der Waals surface area contributed by atoms with E-state index in [1.807, 2.05) is 0 Å².